The normalized spacial score (nSPS) is 10.9. The zero-order valence-corrected chi connectivity index (χ0v) is 17.7. The first kappa shape index (κ1) is 22.1. The summed E-state index contributed by atoms with van der Waals surface area (Å²) in [6.45, 7) is -1.94. The van der Waals surface area contributed by atoms with E-state index in [1.807, 2.05) is 36.4 Å². The maximum absolute atomic E-state index is 13.0. The number of pyridine rings is 1. The van der Waals surface area contributed by atoms with Crippen LogP contribution in [0.3, 0.4) is 0 Å². The Morgan fingerprint density at radius 3 is 2.48 bits per heavy atom. The maximum atomic E-state index is 13.0. The zero-order chi connectivity index (χ0) is 23.0. The summed E-state index contributed by atoms with van der Waals surface area (Å²) in [7, 11) is 0. The zero-order valence-electron chi connectivity index (χ0n) is 17.7. The van der Waals surface area contributed by atoms with Crippen LogP contribution >= 0.6 is 0 Å². The van der Waals surface area contributed by atoms with Crippen molar-refractivity contribution in [1.29, 1.82) is 0 Å². The van der Waals surface area contributed by atoms with E-state index >= 15 is 0 Å². The highest BCUT2D eigenvalue weighted by molar-refractivity contribution is 5.99. The van der Waals surface area contributed by atoms with E-state index in [4.69, 9.17) is 0 Å². The van der Waals surface area contributed by atoms with Crippen LogP contribution in [0.5, 0.6) is 5.75 Å². The number of benzene rings is 2. The second kappa shape index (κ2) is 10.5. The predicted molar refractivity (Wildman–Crippen MR) is 120 cm³/mol. The molecule has 0 bridgehead atoms. The first-order valence-corrected chi connectivity index (χ1v) is 10.4. The van der Waals surface area contributed by atoms with E-state index in [2.05, 4.69) is 20.1 Å². The van der Waals surface area contributed by atoms with Crippen LogP contribution in [0.1, 0.15) is 21.5 Å². The molecule has 4 rings (SSSR count). The number of hydrogen-bond donors (Lipinski definition) is 1. The highest BCUT2D eigenvalue weighted by atomic mass is 19.3. The van der Waals surface area contributed by atoms with Crippen molar-refractivity contribution in [3.63, 3.8) is 0 Å². The maximum Gasteiger partial charge on any atom is 0.387 e. The van der Waals surface area contributed by atoms with Gasteiger partial charge in [-0.1, -0.05) is 42.5 Å². The monoisotopic (exact) mass is 448 g/mol. The highest BCUT2D eigenvalue weighted by Gasteiger charge is 2.18. The Morgan fingerprint density at radius 2 is 1.79 bits per heavy atom. The number of rotatable bonds is 9. The summed E-state index contributed by atoms with van der Waals surface area (Å²) in [5.74, 6) is -0.143. The number of carbonyl (C=O) groups excluding carboxylic acids is 1. The van der Waals surface area contributed by atoms with Gasteiger partial charge in [-0.3, -0.25) is 14.5 Å². The van der Waals surface area contributed by atoms with Crippen molar-refractivity contribution in [2.24, 2.45) is 0 Å². The summed E-state index contributed by atoms with van der Waals surface area (Å²) in [5, 5.41) is 7.55. The third kappa shape index (κ3) is 6.00. The minimum absolute atomic E-state index is 0.102. The summed E-state index contributed by atoms with van der Waals surface area (Å²) in [5.41, 5.74) is 3.74. The fourth-order valence-corrected chi connectivity index (χ4v) is 3.41. The number of carbonyl (C=O) groups is 1. The van der Waals surface area contributed by atoms with E-state index in [-0.39, 0.29) is 11.7 Å². The molecule has 2 aromatic heterocycles. The average Bonchev–Trinajstić information content (AvgIpc) is 3.25. The van der Waals surface area contributed by atoms with E-state index in [1.54, 1.807) is 41.5 Å². The third-order valence-electron chi connectivity index (χ3n) is 4.98. The molecule has 2 heterocycles. The number of amides is 1. The lowest BCUT2D eigenvalue weighted by atomic mass is 10.1. The highest BCUT2D eigenvalue weighted by Crippen LogP contribution is 2.22. The van der Waals surface area contributed by atoms with Crippen LogP contribution in [0.4, 0.5) is 8.78 Å². The molecule has 168 valence electrons. The minimum Gasteiger partial charge on any atom is -0.435 e. The number of hydrogen-bond acceptors (Lipinski definition) is 4. The molecule has 2 aromatic carbocycles. The van der Waals surface area contributed by atoms with Gasteiger partial charge in [-0.05, 0) is 41.8 Å². The van der Waals surface area contributed by atoms with E-state index in [0.29, 0.717) is 30.8 Å². The Hall–Kier alpha value is -4.07. The molecule has 0 spiro atoms. The molecule has 4 aromatic rings. The van der Waals surface area contributed by atoms with Crippen LogP contribution in [0.15, 0.2) is 85.3 Å². The van der Waals surface area contributed by atoms with E-state index in [1.165, 1.54) is 12.1 Å². The van der Waals surface area contributed by atoms with Crippen molar-refractivity contribution in [2.45, 2.75) is 19.6 Å². The summed E-state index contributed by atoms with van der Waals surface area (Å²) in [4.78, 5) is 17.1. The van der Waals surface area contributed by atoms with E-state index < -0.39 is 6.61 Å². The number of alkyl halides is 2. The van der Waals surface area contributed by atoms with Gasteiger partial charge in [-0.15, -0.1) is 0 Å². The van der Waals surface area contributed by atoms with Gasteiger partial charge in [0, 0.05) is 30.7 Å². The molecular weight excluding hydrogens is 426 g/mol. The van der Waals surface area contributed by atoms with Crippen LogP contribution in [0.25, 0.3) is 11.3 Å². The minimum atomic E-state index is -2.85. The largest absolute Gasteiger partial charge is 0.435 e. The van der Waals surface area contributed by atoms with Crippen LogP contribution in [0.2, 0.25) is 0 Å². The molecule has 6 nitrogen and oxygen atoms in total. The Labute approximate surface area is 189 Å². The molecule has 8 heteroatoms. The Bertz CT molecular complexity index is 1180. The second-order valence-corrected chi connectivity index (χ2v) is 7.34. The lowest BCUT2D eigenvalue weighted by molar-refractivity contribution is -0.0498. The lowest BCUT2D eigenvalue weighted by Crippen LogP contribution is -2.25. The van der Waals surface area contributed by atoms with Crippen molar-refractivity contribution >= 4 is 5.91 Å². The molecule has 0 aliphatic heterocycles. The quantitative estimate of drug-likeness (QED) is 0.407. The Morgan fingerprint density at radius 1 is 1.00 bits per heavy atom. The third-order valence-corrected chi connectivity index (χ3v) is 4.98. The van der Waals surface area contributed by atoms with Gasteiger partial charge in [0.05, 0.1) is 12.1 Å². The molecule has 0 aliphatic carbocycles. The number of aromatic nitrogens is 3. The van der Waals surface area contributed by atoms with Crippen molar-refractivity contribution in [3.05, 3.63) is 102 Å². The van der Waals surface area contributed by atoms with Crippen LogP contribution in [0, 0.1) is 0 Å². The van der Waals surface area contributed by atoms with Gasteiger partial charge in [0.15, 0.2) is 0 Å². The smallest absolute Gasteiger partial charge is 0.387 e. The van der Waals surface area contributed by atoms with Gasteiger partial charge in [-0.25, -0.2) is 0 Å². The number of ether oxygens (including phenoxy) is 1. The van der Waals surface area contributed by atoms with Gasteiger partial charge in [0.25, 0.3) is 5.91 Å². The molecule has 0 aliphatic rings. The molecule has 0 unspecified atom stereocenters. The van der Waals surface area contributed by atoms with Crippen molar-refractivity contribution in [1.82, 2.24) is 20.1 Å². The van der Waals surface area contributed by atoms with Gasteiger partial charge >= 0.3 is 6.61 Å². The SMILES string of the molecule is O=C(NCCc1ccc(OC(F)F)cc1)c1cn(Cc2ccccc2)nc1-c1cccnc1. The topological polar surface area (TPSA) is 69.0 Å². The summed E-state index contributed by atoms with van der Waals surface area (Å²) in [6, 6.07) is 19.9. The first-order chi connectivity index (χ1) is 16.1. The molecule has 1 N–H and O–H groups in total. The Kier molecular flexibility index (Phi) is 7.04. The average molecular weight is 448 g/mol. The van der Waals surface area contributed by atoms with Crippen LogP contribution < -0.4 is 10.1 Å². The van der Waals surface area contributed by atoms with Gasteiger partial charge < -0.3 is 10.1 Å². The van der Waals surface area contributed by atoms with Gasteiger partial charge in [-0.2, -0.15) is 13.9 Å². The van der Waals surface area contributed by atoms with Gasteiger partial charge in [0.2, 0.25) is 0 Å². The summed E-state index contributed by atoms with van der Waals surface area (Å²) in [6.07, 6.45) is 5.62. The second-order valence-electron chi connectivity index (χ2n) is 7.34. The molecule has 0 radical (unpaired) electrons. The Balaban J connectivity index is 1.45. The fourth-order valence-electron chi connectivity index (χ4n) is 3.41. The predicted octanol–water partition coefficient (Wildman–Crippen LogP) is 4.57. The molecule has 33 heavy (non-hydrogen) atoms. The molecular formula is C25H22F2N4O2. The van der Waals surface area contributed by atoms with Gasteiger partial charge in [0.1, 0.15) is 11.4 Å². The summed E-state index contributed by atoms with van der Waals surface area (Å²) < 4.78 is 30.6. The molecule has 0 saturated heterocycles. The summed E-state index contributed by atoms with van der Waals surface area (Å²) >= 11 is 0. The number of halogens is 2. The van der Waals surface area contributed by atoms with E-state index in [0.717, 1.165) is 16.7 Å². The standard InChI is InChI=1S/C25H22F2N4O2/c26-25(27)33-21-10-8-18(9-11-21)12-14-29-24(32)22-17-31(16-19-5-2-1-3-6-19)30-23(22)20-7-4-13-28-15-20/h1-11,13,15,17,25H,12,14,16H2,(H,29,32). The van der Waals surface area contributed by atoms with Crippen molar-refractivity contribution in [3.8, 4) is 17.0 Å². The molecule has 0 atom stereocenters. The van der Waals surface area contributed by atoms with Crippen molar-refractivity contribution in [2.75, 3.05) is 6.54 Å². The first-order valence-electron chi connectivity index (χ1n) is 10.4. The van der Waals surface area contributed by atoms with Crippen LogP contribution in [-0.4, -0.2) is 33.8 Å². The number of nitrogens with one attached hydrogen (secondary N) is 1. The van der Waals surface area contributed by atoms with E-state index in [9.17, 15) is 13.6 Å². The van der Waals surface area contributed by atoms with Crippen molar-refractivity contribution < 1.29 is 18.3 Å². The fraction of sp³-hybridized carbons (Fsp3) is 0.160. The molecule has 1 amide bonds. The molecule has 0 fully saturated rings. The lowest BCUT2D eigenvalue weighted by Gasteiger charge is -2.07. The molecule has 0 saturated carbocycles. The van der Waals surface area contributed by atoms with Crippen LogP contribution in [-0.2, 0) is 13.0 Å². The number of nitrogens with zero attached hydrogens (tertiary/aromatic N) is 3.